The summed E-state index contributed by atoms with van der Waals surface area (Å²) in [6.45, 7) is 4.09. The Balaban J connectivity index is 1.56. The van der Waals surface area contributed by atoms with E-state index < -0.39 is 0 Å². The van der Waals surface area contributed by atoms with Crippen LogP contribution in [0.5, 0.6) is 0 Å². The number of hydrogen-bond donors (Lipinski definition) is 2. The number of H-pyrrole nitrogens is 1. The number of thiophene rings is 1. The highest BCUT2D eigenvalue weighted by Crippen LogP contribution is 2.37. The molecule has 2 N–H and O–H groups in total. The molecule has 0 saturated heterocycles. The SMILES string of the molecule is Cc1cccc(-c2cc3nccc(Nc4ccc5[nH]c(C)cc5c4)c3s2)n1. The molecule has 1 aromatic carbocycles. The molecule has 0 saturated carbocycles. The van der Waals surface area contributed by atoms with Crippen molar-refractivity contribution in [3.63, 3.8) is 0 Å². The monoisotopic (exact) mass is 370 g/mol. The van der Waals surface area contributed by atoms with Gasteiger partial charge in [-0.2, -0.15) is 0 Å². The van der Waals surface area contributed by atoms with Crippen LogP contribution in [0, 0.1) is 13.8 Å². The van der Waals surface area contributed by atoms with Crippen LogP contribution in [0.3, 0.4) is 0 Å². The molecular weight excluding hydrogens is 352 g/mol. The van der Waals surface area contributed by atoms with Crippen molar-refractivity contribution < 1.29 is 0 Å². The van der Waals surface area contributed by atoms with Crippen molar-refractivity contribution in [2.45, 2.75) is 13.8 Å². The van der Waals surface area contributed by atoms with E-state index in [1.54, 1.807) is 11.3 Å². The van der Waals surface area contributed by atoms with E-state index in [4.69, 9.17) is 0 Å². The number of aryl methyl sites for hydroxylation is 2. The molecule has 0 spiro atoms. The fourth-order valence-corrected chi connectivity index (χ4v) is 4.41. The number of aromatic nitrogens is 3. The molecule has 0 atom stereocenters. The average Bonchev–Trinajstić information content (AvgIpc) is 3.24. The van der Waals surface area contributed by atoms with Crippen LogP contribution in [-0.4, -0.2) is 15.0 Å². The molecule has 0 aliphatic carbocycles. The van der Waals surface area contributed by atoms with E-state index in [1.165, 1.54) is 11.1 Å². The average molecular weight is 370 g/mol. The normalized spacial score (nSPS) is 11.3. The van der Waals surface area contributed by atoms with Gasteiger partial charge in [-0.15, -0.1) is 11.3 Å². The van der Waals surface area contributed by atoms with Gasteiger partial charge in [0.05, 0.1) is 26.5 Å². The smallest absolute Gasteiger partial charge is 0.0837 e. The lowest BCUT2D eigenvalue weighted by molar-refractivity contribution is 1.21. The molecular formula is C22H18N4S. The number of aromatic amines is 1. The lowest BCUT2D eigenvalue weighted by Gasteiger charge is -2.07. The quantitative estimate of drug-likeness (QED) is 0.397. The Morgan fingerprint density at radius 1 is 1.00 bits per heavy atom. The molecule has 0 radical (unpaired) electrons. The molecule has 0 aliphatic rings. The topological polar surface area (TPSA) is 53.6 Å². The predicted molar refractivity (Wildman–Crippen MR) is 114 cm³/mol. The molecule has 0 fully saturated rings. The number of pyridine rings is 2. The summed E-state index contributed by atoms with van der Waals surface area (Å²) in [5.74, 6) is 0. The molecule has 5 heteroatoms. The first-order chi connectivity index (χ1) is 13.2. The molecule has 4 aromatic heterocycles. The van der Waals surface area contributed by atoms with Gasteiger partial charge in [0.1, 0.15) is 0 Å². The summed E-state index contributed by atoms with van der Waals surface area (Å²) in [5, 5.41) is 4.77. The Bertz CT molecular complexity index is 1280. The van der Waals surface area contributed by atoms with Crippen molar-refractivity contribution in [2.75, 3.05) is 5.32 Å². The molecule has 4 heterocycles. The van der Waals surface area contributed by atoms with Gasteiger partial charge in [-0.25, -0.2) is 0 Å². The van der Waals surface area contributed by atoms with Gasteiger partial charge < -0.3 is 10.3 Å². The summed E-state index contributed by atoms with van der Waals surface area (Å²) in [6, 6.07) is 18.8. The van der Waals surface area contributed by atoms with Crippen molar-refractivity contribution in [1.82, 2.24) is 15.0 Å². The van der Waals surface area contributed by atoms with Gasteiger partial charge in [0.2, 0.25) is 0 Å². The minimum absolute atomic E-state index is 0.988. The van der Waals surface area contributed by atoms with Crippen molar-refractivity contribution in [2.24, 2.45) is 0 Å². The van der Waals surface area contributed by atoms with Crippen LogP contribution >= 0.6 is 11.3 Å². The zero-order valence-electron chi connectivity index (χ0n) is 15.1. The summed E-state index contributed by atoms with van der Waals surface area (Å²) in [5.41, 5.74) is 7.46. The largest absolute Gasteiger partial charge is 0.359 e. The second kappa shape index (κ2) is 6.21. The number of hydrogen-bond acceptors (Lipinski definition) is 4. The number of nitrogens with one attached hydrogen (secondary N) is 2. The fraction of sp³-hybridized carbons (Fsp3) is 0.0909. The summed E-state index contributed by atoms with van der Waals surface area (Å²) < 4.78 is 1.14. The van der Waals surface area contributed by atoms with Crippen LogP contribution < -0.4 is 5.32 Å². The fourth-order valence-electron chi connectivity index (χ4n) is 3.35. The van der Waals surface area contributed by atoms with Gasteiger partial charge in [0.25, 0.3) is 0 Å². The molecule has 0 amide bonds. The third kappa shape index (κ3) is 2.96. The van der Waals surface area contributed by atoms with Crippen molar-refractivity contribution >= 4 is 43.8 Å². The van der Waals surface area contributed by atoms with Gasteiger partial charge in [-0.1, -0.05) is 6.07 Å². The van der Waals surface area contributed by atoms with Gasteiger partial charge in [0, 0.05) is 34.2 Å². The van der Waals surface area contributed by atoms with Crippen molar-refractivity contribution in [3.05, 3.63) is 72.2 Å². The maximum absolute atomic E-state index is 4.65. The predicted octanol–water partition coefficient (Wildman–Crippen LogP) is 6.20. The van der Waals surface area contributed by atoms with Crippen LogP contribution in [0.2, 0.25) is 0 Å². The maximum atomic E-state index is 4.65. The Morgan fingerprint density at radius 3 is 2.81 bits per heavy atom. The Labute approximate surface area is 160 Å². The van der Waals surface area contributed by atoms with E-state index in [9.17, 15) is 0 Å². The first kappa shape index (κ1) is 16.0. The lowest BCUT2D eigenvalue weighted by Crippen LogP contribution is -1.90. The summed E-state index contributed by atoms with van der Waals surface area (Å²) in [6.07, 6.45) is 1.85. The molecule has 4 nitrogen and oxygen atoms in total. The van der Waals surface area contributed by atoms with E-state index in [1.807, 2.05) is 37.4 Å². The second-order valence-electron chi connectivity index (χ2n) is 6.73. The Kier molecular flexibility index (Phi) is 3.69. The van der Waals surface area contributed by atoms with Crippen LogP contribution in [0.1, 0.15) is 11.4 Å². The Morgan fingerprint density at radius 2 is 1.93 bits per heavy atom. The number of benzene rings is 1. The van der Waals surface area contributed by atoms with Crippen LogP contribution in [-0.2, 0) is 0 Å². The summed E-state index contributed by atoms with van der Waals surface area (Å²) in [4.78, 5) is 13.7. The maximum Gasteiger partial charge on any atom is 0.0837 e. The Hall–Kier alpha value is -3.18. The van der Waals surface area contributed by atoms with E-state index in [2.05, 4.69) is 57.5 Å². The highest BCUT2D eigenvalue weighted by atomic mass is 32.1. The van der Waals surface area contributed by atoms with Gasteiger partial charge in [-0.3, -0.25) is 9.97 Å². The third-order valence-electron chi connectivity index (χ3n) is 4.59. The number of nitrogens with zero attached hydrogens (tertiary/aromatic N) is 2. The molecule has 0 bridgehead atoms. The molecule has 5 rings (SSSR count). The summed E-state index contributed by atoms with van der Waals surface area (Å²) in [7, 11) is 0. The van der Waals surface area contributed by atoms with E-state index in [0.717, 1.165) is 43.4 Å². The zero-order chi connectivity index (χ0) is 18.4. The molecule has 27 heavy (non-hydrogen) atoms. The van der Waals surface area contributed by atoms with Crippen LogP contribution in [0.25, 0.3) is 31.7 Å². The van der Waals surface area contributed by atoms with Gasteiger partial charge in [0.15, 0.2) is 0 Å². The minimum atomic E-state index is 0.988. The first-order valence-corrected chi connectivity index (χ1v) is 9.66. The number of fused-ring (bicyclic) bond motifs is 2. The summed E-state index contributed by atoms with van der Waals surface area (Å²) >= 11 is 1.72. The molecule has 132 valence electrons. The van der Waals surface area contributed by atoms with E-state index in [0.29, 0.717) is 0 Å². The molecule has 0 unspecified atom stereocenters. The van der Waals surface area contributed by atoms with Crippen LogP contribution in [0.4, 0.5) is 11.4 Å². The third-order valence-corrected chi connectivity index (χ3v) is 5.77. The lowest BCUT2D eigenvalue weighted by atomic mass is 10.2. The van der Waals surface area contributed by atoms with Crippen LogP contribution in [0.15, 0.2) is 60.8 Å². The second-order valence-corrected chi connectivity index (χ2v) is 7.78. The molecule has 5 aromatic rings. The minimum Gasteiger partial charge on any atom is -0.359 e. The zero-order valence-corrected chi connectivity index (χ0v) is 15.9. The van der Waals surface area contributed by atoms with E-state index >= 15 is 0 Å². The standard InChI is InChI=1S/C22H18N4S/c1-13-4-3-5-18(24-13)21-12-20-22(27-21)19(8-9-23-20)26-16-6-7-17-15(11-16)10-14(2)25-17/h3-12,25H,1-2H3,(H,23,26). The van der Waals surface area contributed by atoms with Crippen molar-refractivity contribution in [3.8, 4) is 10.6 Å². The van der Waals surface area contributed by atoms with Gasteiger partial charge in [-0.05, 0) is 62.4 Å². The first-order valence-electron chi connectivity index (χ1n) is 8.85. The van der Waals surface area contributed by atoms with Gasteiger partial charge >= 0.3 is 0 Å². The number of anilines is 2. The van der Waals surface area contributed by atoms with Crippen molar-refractivity contribution in [1.29, 1.82) is 0 Å². The van der Waals surface area contributed by atoms with E-state index in [-0.39, 0.29) is 0 Å². The highest BCUT2D eigenvalue weighted by molar-refractivity contribution is 7.22. The highest BCUT2D eigenvalue weighted by Gasteiger charge is 2.11. The number of rotatable bonds is 3. The molecule has 0 aliphatic heterocycles.